The molecule has 2 N–H and O–H groups in total. The average Bonchev–Trinajstić information content (AvgIpc) is 2.47. The fourth-order valence-corrected chi connectivity index (χ4v) is 2.43. The predicted molar refractivity (Wildman–Crippen MR) is 80.7 cm³/mol. The minimum Gasteiger partial charge on any atom is -0.390 e. The van der Waals surface area contributed by atoms with Gasteiger partial charge in [0.1, 0.15) is 0 Å². The molecule has 1 aliphatic rings. The molecule has 0 spiro atoms. The van der Waals surface area contributed by atoms with E-state index >= 15 is 0 Å². The van der Waals surface area contributed by atoms with Gasteiger partial charge in [0, 0.05) is 18.8 Å². The Balaban J connectivity index is 1.92. The Labute approximate surface area is 125 Å². The first kappa shape index (κ1) is 15.5. The van der Waals surface area contributed by atoms with E-state index in [9.17, 15) is 9.90 Å². The number of aliphatic hydroxyl groups is 1. The number of benzene rings is 1. The molecule has 1 aromatic carbocycles. The van der Waals surface area contributed by atoms with Gasteiger partial charge in [0.2, 0.25) is 5.91 Å². The molecule has 1 unspecified atom stereocenters. The molecule has 0 saturated carbocycles. The Morgan fingerprint density at radius 2 is 1.95 bits per heavy atom. The van der Waals surface area contributed by atoms with Crippen molar-refractivity contribution in [1.29, 1.82) is 5.26 Å². The van der Waals surface area contributed by atoms with E-state index in [0.717, 1.165) is 13.1 Å². The summed E-state index contributed by atoms with van der Waals surface area (Å²) >= 11 is 0. The van der Waals surface area contributed by atoms with Crippen LogP contribution >= 0.6 is 0 Å². The monoisotopic (exact) mass is 287 g/mol. The average molecular weight is 287 g/mol. The van der Waals surface area contributed by atoms with E-state index in [1.807, 2.05) is 19.9 Å². The number of piperidine rings is 1. The van der Waals surface area contributed by atoms with Crippen molar-refractivity contribution in [3.05, 3.63) is 29.8 Å². The molecule has 1 aromatic rings. The summed E-state index contributed by atoms with van der Waals surface area (Å²) in [6.45, 7) is 5.15. The number of amides is 1. The lowest BCUT2D eigenvalue weighted by Gasteiger charge is -2.38. The van der Waals surface area contributed by atoms with Crippen molar-refractivity contribution in [1.82, 2.24) is 4.90 Å². The van der Waals surface area contributed by atoms with Crippen LogP contribution in [0.25, 0.3) is 0 Å². The van der Waals surface area contributed by atoms with Crippen LogP contribution in [0.3, 0.4) is 0 Å². The maximum absolute atomic E-state index is 12.2. The molecule has 1 saturated heterocycles. The van der Waals surface area contributed by atoms with Crippen LogP contribution in [0.5, 0.6) is 0 Å². The zero-order valence-corrected chi connectivity index (χ0v) is 12.5. The van der Waals surface area contributed by atoms with Crippen LogP contribution in [0, 0.1) is 11.3 Å². The highest BCUT2D eigenvalue weighted by atomic mass is 16.3. The second-order valence-corrected chi connectivity index (χ2v) is 5.89. The summed E-state index contributed by atoms with van der Waals surface area (Å²) in [7, 11) is 0. The zero-order valence-electron chi connectivity index (χ0n) is 12.5. The molecule has 0 radical (unpaired) electrons. The Bertz CT molecular complexity index is 536. The SMILES string of the molecule is CC(C(=O)Nc1ccc(C#N)cc1)N1CCC(C)(O)CC1. The summed E-state index contributed by atoms with van der Waals surface area (Å²) in [4.78, 5) is 14.3. The Kier molecular flexibility index (Phi) is 4.61. The number of likely N-dealkylation sites (tertiary alicyclic amines) is 1. The number of nitrogens with one attached hydrogen (secondary N) is 1. The van der Waals surface area contributed by atoms with E-state index in [-0.39, 0.29) is 11.9 Å². The van der Waals surface area contributed by atoms with Crippen molar-refractivity contribution in [3.63, 3.8) is 0 Å². The van der Waals surface area contributed by atoms with Gasteiger partial charge in [0.25, 0.3) is 0 Å². The zero-order chi connectivity index (χ0) is 15.5. The lowest BCUT2D eigenvalue weighted by Crippen LogP contribution is -2.49. The summed E-state index contributed by atoms with van der Waals surface area (Å²) in [6.07, 6.45) is 1.36. The highest BCUT2D eigenvalue weighted by molar-refractivity contribution is 5.94. The number of carbonyl (C=O) groups is 1. The number of rotatable bonds is 3. The van der Waals surface area contributed by atoms with Gasteiger partial charge in [-0.1, -0.05) is 0 Å². The number of nitrogens with zero attached hydrogens (tertiary/aromatic N) is 2. The van der Waals surface area contributed by atoms with Crippen molar-refractivity contribution < 1.29 is 9.90 Å². The molecule has 2 rings (SSSR count). The molecule has 112 valence electrons. The first-order valence-corrected chi connectivity index (χ1v) is 7.19. The van der Waals surface area contributed by atoms with E-state index in [2.05, 4.69) is 10.2 Å². The Morgan fingerprint density at radius 3 is 2.48 bits per heavy atom. The van der Waals surface area contributed by atoms with Crippen LogP contribution < -0.4 is 5.32 Å². The van der Waals surface area contributed by atoms with Crippen molar-refractivity contribution in [3.8, 4) is 6.07 Å². The molecule has 1 atom stereocenters. The lowest BCUT2D eigenvalue weighted by atomic mass is 9.93. The second kappa shape index (κ2) is 6.25. The van der Waals surface area contributed by atoms with Gasteiger partial charge in [0.05, 0.1) is 23.3 Å². The Hall–Kier alpha value is -1.90. The molecule has 1 heterocycles. The van der Waals surface area contributed by atoms with Gasteiger partial charge in [-0.2, -0.15) is 5.26 Å². The van der Waals surface area contributed by atoms with Gasteiger partial charge in [-0.25, -0.2) is 0 Å². The first-order chi connectivity index (χ1) is 9.91. The van der Waals surface area contributed by atoms with Crippen LogP contribution in [0.1, 0.15) is 32.3 Å². The highest BCUT2D eigenvalue weighted by Crippen LogP contribution is 2.23. The van der Waals surface area contributed by atoms with E-state index in [1.165, 1.54) is 0 Å². The molecule has 0 bridgehead atoms. The molecule has 0 aliphatic carbocycles. The van der Waals surface area contributed by atoms with Gasteiger partial charge < -0.3 is 10.4 Å². The number of nitriles is 1. The summed E-state index contributed by atoms with van der Waals surface area (Å²) in [6, 6.07) is 8.62. The van der Waals surface area contributed by atoms with Gasteiger partial charge in [-0.05, 0) is 51.0 Å². The minimum absolute atomic E-state index is 0.0683. The fraction of sp³-hybridized carbons (Fsp3) is 0.500. The number of anilines is 1. The normalized spacial score (nSPS) is 19.5. The van der Waals surface area contributed by atoms with Crippen LogP contribution in [0.15, 0.2) is 24.3 Å². The van der Waals surface area contributed by atoms with Crippen LogP contribution in [-0.2, 0) is 4.79 Å². The third-order valence-electron chi connectivity index (χ3n) is 4.08. The summed E-state index contributed by atoms with van der Waals surface area (Å²) in [5.41, 5.74) is 0.647. The quantitative estimate of drug-likeness (QED) is 0.887. The van der Waals surface area contributed by atoms with Gasteiger partial charge in [-0.3, -0.25) is 9.69 Å². The third kappa shape index (κ3) is 4.03. The lowest BCUT2D eigenvalue weighted by molar-refractivity contribution is -0.122. The van der Waals surface area contributed by atoms with Crippen molar-refractivity contribution in [2.24, 2.45) is 0 Å². The summed E-state index contributed by atoms with van der Waals surface area (Å²) in [5, 5.41) is 21.5. The first-order valence-electron chi connectivity index (χ1n) is 7.19. The molecular formula is C16H21N3O2. The number of hydrogen-bond acceptors (Lipinski definition) is 4. The van der Waals surface area contributed by atoms with Crippen molar-refractivity contribution >= 4 is 11.6 Å². The van der Waals surface area contributed by atoms with Gasteiger partial charge in [0.15, 0.2) is 0 Å². The van der Waals surface area contributed by atoms with E-state index in [4.69, 9.17) is 5.26 Å². The smallest absolute Gasteiger partial charge is 0.241 e. The molecule has 5 heteroatoms. The van der Waals surface area contributed by atoms with Gasteiger partial charge >= 0.3 is 0 Å². The molecule has 1 aliphatic heterocycles. The van der Waals surface area contributed by atoms with Crippen molar-refractivity contribution in [2.45, 2.75) is 38.3 Å². The number of hydrogen-bond donors (Lipinski definition) is 2. The third-order valence-corrected chi connectivity index (χ3v) is 4.08. The van der Waals surface area contributed by atoms with E-state index in [1.54, 1.807) is 24.3 Å². The van der Waals surface area contributed by atoms with Crippen LogP contribution in [0.4, 0.5) is 5.69 Å². The fourth-order valence-electron chi connectivity index (χ4n) is 2.43. The summed E-state index contributed by atoms with van der Waals surface area (Å²) < 4.78 is 0. The molecule has 1 fully saturated rings. The van der Waals surface area contributed by atoms with Gasteiger partial charge in [-0.15, -0.1) is 0 Å². The maximum atomic E-state index is 12.2. The van der Waals surface area contributed by atoms with Crippen LogP contribution in [0.2, 0.25) is 0 Å². The highest BCUT2D eigenvalue weighted by Gasteiger charge is 2.31. The molecule has 0 aromatic heterocycles. The Morgan fingerprint density at radius 1 is 1.38 bits per heavy atom. The maximum Gasteiger partial charge on any atom is 0.241 e. The summed E-state index contributed by atoms with van der Waals surface area (Å²) in [5.74, 6) is -0.0683. The van der Waals surface area contributed by atoms with E-state index in [0.29, 0.717) is 24.1 Å². The largest absolute Gasteiger partial charge is 0.390 e. The predicted octanol–water partition coefficient (Wildman–Crippen LogP) is 1.73. The van der Waals surface area contributed by atoms with E-state index < -0.39 is 5.60 Å². The van der Waals surface area contributed by atoms with Crippen molar-refractivity contribution in [2.75, 3.05) is 18.4 Å². The minimum atomic E-state index is -0.611. The second-order valence-electron chi connectivity index (χ2n) is 5.89. The topological polar surface area (TPSA) is 76.4 Å². The molecule has 1 amide bonds. The standard InChI is InChI=1S/C16H21N3O2/c1-12(19-9-7-16(2,21)8-10-19)15(20)18-14-5-3-13(11-17)4-6-14/h3-6,12,21H,7-10H2,1-2H3,(H,18,20). The number of carbonyl (C=O) groups excluding carboxylic acids is 1. The molecule has 5 nitrogen and oxygen atoms in total. The molecule has 21 heavy (non-hydrogen) atoms. The van der Waals surface area contributed by atoms with Crippen LogP contribution in [-0.4, -0.2) is 40.6 Å². The molecular weight excluding hydrogens is 266 g/mol.